The summed E-state index contributed by atoms with van der Waals surface area (Å²) in [5, 5.41) is 3.42. The van der Waals surface area contributed by atoms with Crippen molar-refractivity contribution in [3.05, 3.63) is 0 Å². The van der Waals surface area contributed by atoms with Crippen LogP contribution < -0.4 is 5.32 Å². The molecular formula is C14H28N2. The smallest absolute Gasteiger partial charge is 0.00642 e. The van der Waals surface area contributed by atoms with E-state index in [1.807, 2.05) is 0 Å². The van der Waals surface area contributed by atoms with Gasteiger partial charge in [-0.1, -0.05) is 6.92 Å². The normalized spacial score (nSPS) is 34.1. The number of nitrogens with zero attached hydrogens (tertiary/aromatic N) is 1. The molecule has 0 bridgehead atoms. The Bertz CT molecular complexity index is 189. The highest BCUT2D eigenvalue weighted by molar-refractivity contribution is 4.79. The van der Waals surface area contributed by atoms with Gasteiger partial charge in [-0.05, 0) is 70.5 Å². The van der Waals surface area contributed by atoms with Crippen LogP contribution in [0.5, 0.6) is 0 Å². The summed E-state index contributed by atoms with van der Waals surface area (Å²) in [6.07, 6.45) is 8.52. The molecule has 0 unspecified atom stereocenters. The molecular weight excluding hydrogens is 196 g/mol. The van der Waals surface area contributed by atoms with Gasteiger partial charge < -0.3 is 10.2 Å². The molecule has 2 nitrogen and oxygen atoms in total. The summed E-state index contributed by atoms with van der Waals surface area (Å²) < 4.78 is 0. The Balaban J connectivity index is 1.66. The zero-order valence-corrected chi connectivity index (χ0v) is 11.0. The van der Waals surface area contributed by atoms with Crippen LogP contribution in [0, 0.1) is 11.8 Å². The molecule has 1 aliphatic heterocycles. The van der Waals surface area contributed by atoms with E-state index in [2.05, 4.69) is 24.2 Å². The van der Waals surface area contributed by atoms with E-state index in [9.17, 15) is 0 Å². The number of hydrogen-bond acceptors (Lipinski definition) is 2. The van der Waals surface area contributed by atoms with Crippen molar-refractivity contribution in [3.8, 4) is 0 Å². The van der Waals surface area contributed by atoms with Crippen LogP contribution in [0.4, 0.5) is 0 Å². The highest BCUT2D eigenvalue weighted by Gasteiger charge is 2.23. The zero-order chi connectivity index (χ0) is 11.4. The highest BCUT2D eigenvalue weighted by atomic mass is 15.1. The Morgan fingerprint density at radius 3 is 2.19 bits per heavy atom. The van der Waals surface area contributed by atoms with E-state index in [-0.39, 0.29) is 0 Å². The molecule has 1 heterocycles. The molecule has 0 aromatic heterocycles. The lowest BCUT2D eigenvalue weighted by atomic mass is 9.85. The molecule has 0 spiro atoms. The first kappa shape index (κ1) is 12.4. The minimum atomic E-state index is 0.803. The van der Waals surface area contributed by atoms with Gasteiger partial charge in [0.2, 0.25) is 0 Å². The maximum absolute atomic E-state index is 3.42. The van der Waals surface area contributed by atoms with Gasteiger partial charge in [-0.15, -0.1) is 0 Å². The lowest BCUT2D eigenvalue weighted by Crippen LogP contribution is -2.39. The number of hydrogen-bond donors (Lipinski definition) is 1. The van der Waals surface area contributed by atoms with Crippen LogP contribution in [-0.4, -0.2) is 37.6 Å². The van der Waals surface area contributed by atoms with Crippen molar-refractivity contribution in [1.29, 1.82) is 0 Å². The van der Waals surface area contributed by atoms with E-state index >= 15 is 0 Å². The molecule has 0 aromatic rings. The van der Waals surface area contributed by atoms with E-state index < -0.39 is 0 Å². The summed E-state index contributed by atoms with van der Waals surface area (Å²) in [7, 11) is 2.11. The molecule has 1 saturated carbocycles. The molecule has 0 amide bonds. The third kappa shape index (κ3) is 3.46. The molecule has 2 aliphatic rings. The number of rotatable bonds is 3. The maximum atomic E-state index is 3.42. The highest BCUT2D eigenvalue weighted by Crippen LogP contribution is 2.26. The summed E-state index contributed by atoms with van der Waals surface area (Å²) >= 11 is 0. The number of nitrogens with one attached hydrogen (secondary N) is 1. The first-order valence-electron chi connectivity index (χ1n) is 7.17. The van der Waals surface area contributed by atoms with Crippen LogP contribution in [0.15, 0.2) is 0 Å². The second-order valence-corrected chi connectivity index (χ2v) is 5.99. The van der Waals surface area contributed by atoms with Crippen molar-refractivity contribution < 1.29 is 0 Å². The van der Waals surface area contributed by atoms with Crippen LogP contribution in [-0.2, 0) is 0 Å². The van der Waals surface area contributed by atoms with Gasteiger partial charge in [0.15, 0.2) is 0 Å². The molecule has 1 saturated heterocycles. The Labute approximate surface area is 101 Å². The molecule has 2 rings (SSSR count). The van der Waals surface area contributed by atoms with Crippen molar-refractivity contribution in [2.24, 2.45) is 11.8 Å². The van der Waals surface area contributed by atoms with Gasteiger partial charge in [-0.25, -0.2) is 0 Å². The van der Waals surface area contributed by atoms with Crippen molar-refractivity contribution in [2.45, 2.75) is 51.5 Å². The summed E-state index contributed by atoms with van der Waals surface area (Å²) in [6, 6.07) is 0.803. The van der Waals surface area contributed by atoms with E-state index in [0.29, 0.717) is 0 Å². The quantitative estimate of drug-likeness (QED) is 0.792. The van der Waals surface area contributed by atoms with Crippen LogP contribution in [0.1, 0.15) is 45.4 Å². The Kier molecular flexibility index (Phi) is 4.66. The average molecular weight is 224 g/mol. The van der Waals surface area contributed by atoms with Crippen LogP contribution in [0.2, 0.25) is 0 Å². The molecule has 1 N–H and O–H groups in total. The molecule has 1 aliphatic carbocycles. The summed E-state index contributed by atoms with van der Waals surface area (Å²) in [4.78, 5) is 2.71. The van der Waals surface area contributed by atoms with Crippen molar-refractivity contribution in [1.82, 2.24) is 10.2 Å². The minimum absolute atomic E-state index is 0.803. The summed E-state index contributed by atoms with van der Waals surface area (Å²) in [5.41, 5.74) is 0. The SMILES string of the molecule is CNC1CCC(CN2CCC(C)CC2)CC1. The minimum Gasteiger partial charge on any atom is -0.317 e. The Morgan fingerprint density at radius 2 is 1.62 bits per heavy atom. The fraction of sp³-hybridized carbons (Fsp3) is 1.00. The van der Waals surface area contributed by atoms with Crippen molar-refractivity contribution in [2.75, 3.05) is 26.7 Å². The molecule has 0 atom stereocenters. The van der Waals surface area contributed by atoms with Crippen LogP contribution in [0.3, 0.4) is 0 Å². The van der Waals surface area contributed by atoms with E-state index in [4.69, 9.17) is 0 Å². The van der Waals surface area contributed by atoms with Gasteiger partial charge in [0.1, 0.15) is 0 Å². The largest absolute Gasteiger partial charge is 0.317 e. The van der Waals surface area contributed by atoms with E-state index in [0.717, 1.165) is 17.9 Å². The predicted octanol–water partition coefficient (Wildman–Crippen LogP) is 2.50. The van der Waals surface area contributed by atoms with Crippen molar-refractivity contribution >= 4 is 0 Å². The number of piperidine rings is 1. The van der Waals surface area contributed by atoms with Gasteiger partial charge in [0.25, 0.3) is 0 Å². The standard InChI is InChI=1S/C14H28N2/c1-12-7-9-16(10-8-12)11-13-3-5-14(15-2)6-4-13/h12-15H,3-11H2,1-2H3. The van der Waals surface area contributed by atoms with E-state index in [1.165, 1.54) is 58.2 Å². The van der Waals surface area contributed by atoms with Gasteiger partial charge in [-0.2, -0.15) is 0 Å². The third-order valence-electron chi connectivity index (χ3n) is 4.65. The van der Waals surface area contributed by atoms with Crippen molar-refractivity contribution in [3.63, 3.8) is 0 Å². The van der Waals surface area contributed by atoms with Gasteiger partial charge in [-0.3, -0.25) is 0 Å². The summed E-state index contributed by atoms with van der Waals surface area (Å²) in [6.45, 7) is 6.48. The lowest BCUT2D eigenvalue weighted by molar-refractivity contribution is 0.145. The fourth-order valence-electron chi connectivity index (χ4n) is 3.24. The van der Waals surface area contributed by atoms with Crippen LogP contribution >= 0.6 is 0 Å². The van der Waals surface area contributed by atoms with Crippen LogP contribution in [0.25, 0.3) is 0 Å². The average Bonchev–Trinajstić information content (AvgIpc) is 2.33. The maximum Gasteiger partial charge on any atom is 0.00642 e. The molecule has 0 radical (unpaired) electrons. The molecule has 2 heteroatoms. The zero-order valence-electron chi connectivity index (χ0n) is 11.0. The van der Waals surface area contributed by atoms with Gasteiger partial charge in [0.05, 0.1) is 0 Å². The van der Waals surface area contributed by atoms with Gasteiger partial charge in [0, 0.05) is 12.6 Å². The topological polar surface area (TPSA) is 15.3 Å². The first-order valence-corrected chi connectivity index (χ1v) is 7.17. The van der Waals surface area contributed by atoms with E-state index in [1.54, 1.807) is 0 Å². The predicted molar refractivity (Wildman–Crippen MR) is 69.6 cm³/mol. The Morgan fingerprint density at radius 1 is 1.00 bits per heavy atom. The van der Waals surface area contributed by atoms with Gasteiger partial charge >= 0.3 is 0 Å². The monoisotopic (exact) mass is 224 g/mol. The first-order chi connectivity index (χ1) is 7.78. The second kappa shape index (κ2) is 6.02. The summed E-state index contributed by atoms with van der Waals surface area (Å²) in [5.74, 6) is 1.95. The molecule has 0 aromatic carbocycles. The molecule has 16 heavy (non-hydrogen) atoms. The Hall–Kier alpha value is -0.0800. The third-order valence-corrected chi connectivity index (χ3v) is 4.65. The second-order valence-electron chi connectivity index (χ2n) is 5.99. The number of likely N-dealkylation sites (tertiary alicyclic amines) is 1. The molecule has 2 fully saturated rings. The lowest BCUT2D eigenvalue weighted by Gasteiger charge is -2.35. The molecule has 94 valence electrons. The fourth-order valence-corrected chi connectivity index (χ4v) is 3.24.